The van der Waals surface area contributed by atoms with E-state index in [4.69, 9.17) is 0 Å². The number of carboxylic acid groups (broad SMARTS) is 1. The van der Waals surface area contributed by atoms with E-state index in [1.54, 1.807) is 0 Å². The van der Waals surface area contributed by atoms with Crippen LogP contribution in [0.2, 0.25) is 0 Å². The van der Waals surface area contributed by atoms with E-state index < -0.39 is 29.6 Å². The first-order chi connectivity index (χ1) is 11.3. The van der Waals surface area contributed by atoms with Crippen LogP contribution < -0.4 is 0 Å². The Hall–Kier alpha value is -0.910. The first-order valence-electron chi connectivity index (χ1n) is 9.27. The third-order valence-corrected chi connectivity index (χ3v) is 5.66. The number of unbranched alkanes of at least 4 members (excludes halogenated alkanes) is 3. The molecule has 142 valence electrons. The molecule has 24 heavy (non-hydrogen) atoms. The molecule has 0 aromatic heterocycles. The molecule has 1 fully saturated rings. The SMILES string of the molecule is CCCCC1(CO)CN(C(=O)O)C(CCCC)(CCCC)C1(F)F. The van der Waals surface area contributed by atoms with Gasteiger partial charge in [0, 0.05) is 6.54 Å². The smallest absolute Gasteiger partial charge is 0.407 e. The molecule has 0 aromatic rings. The van der Waals surface area contributed by atoms with Gasteiger partial charge in [0.1, 0.15) is 5.54 Å². The van der Waals surface area contributed by atoms with Crippen molar-refractivity contribution in [2.24, 2.45) is 5.41 Å². The summed E-state index contributed by atoms with van der Waals surface area (Å²) in [5.41, 5.74) is -3.36. The Morgan fingerprint density at radius 1 is 1.00 bits per heavy atom. The fraction of sp³-hybridized carbons (Fsp3) is 0.944. The molecule has 0 spiro atoms. The monoisotopic (exact) mass is 349 g/mol. The van der Waals surface area contributed by atoms with Gasteiger partial charge in [-0.1, -0.05) is 59.3 Å². The van der Waals surface area contributed by atoms with Gasteiger partial charge in [0.05, 0.1) is 12.0 Å². The molecule has 1 unspecified atom stereocenters. The standard InChI is InChI=1S/C18H33F2NO3/c1-4-7-10-16(14-22)13-21(15(23)24)17(11-8-5-2,12-9-6-3)18(16,19)20/h22H,4-14H2,1-3H3,(H,23,24). The van der Waals surface area contributed by atoms with Gasteiger partial charge in [-0.05, 0) is 19.3 Å². The van der Waals surface area contributed by atoms with E-state index in [9.17, 15) is 15.0 Å². The number of halogens is 2. The number of alkyl halides is 2. The zero-order valence-electron chi connectivity index (χ0n) is 15.3. The van der Waals surface area contributed by atoms with E-state index in [1.807, 2.05) is 20.8 Å². The Morgan fingerprint density at radius 3 is 1.83 bits per heavy atom. The number of rotatable bonds is 10. The topological polar surface area (TPSA) is 60.8 Å². The Balaban J connectivity index is 3.39. The minimum Gasteiger partial charge on any atom is -0.465 e. The number of aliphatic hydroxyl groups is 1. The molecular formula is C18H33F2NO3. The quantitative estimate of drug-likeness (QED) is 0.589. The third kappa shape index (κ3) is 3.39. The number of likely N-dealkylation sites (tertiary alicyclic amines) is 1. The Morgan fingerprint density at radius 2 is 1.46 bits per heavy atom. The van der Waals surface area contributed by atoms with Crippen molar-refractivity contribution in [1.82, 2.24) is 4.90 Å². The van der Waals surface area contributed by atoms with Crippen LogP contribution in [0.15, 0.2) is 0 Å². The molecule has 0 radical (unpaired) electrons. The fourth-order valence-corrected chi connectivity index (χ4v) is 4.09. The van der Waals surface area contributed by atoms with Gasteiger partial charge in [-0.15, -0.1) is 0 Å². The molecule has 1 aliphatic rings. The highest BCUT2D eigenvalue weighted by atomic mass is 19.3. The lowest BCUT2D eigenvalue weighted by atomic mass is 9.70. The summed E-state index contributed by atoms with van der Waals surface area (Å²) in [6.45, 7) is 4.79. The van der Waals surface area contributed by atoms with Crippen molar-refractivity contribution in [3.63, 3.8) is 0 Å². The average Bonchev–Trinajstić information content (AvgIpc) is 2.74. The molecule has 0 bridgehead atoms. The third-order valence-electron chi connectivity index (χ3n) is 5.66. The summed E-state index contributed by atoms with van der Waals surface area (Å²) >= 11 is 0. The molecule has 1 heterocycles. The summed E-state index contributed by atoms with van der Waals surface area (Å²) in [4.78, 5) is 12.8. The maximum atomic E-state index is 15.7. The molecule has 0 saturated carbocycles. The molecule has 1 amide bonds. The van der Waals surface area contributed by atoms with Gasteiger partial charge in [0.2, 0.25) is 0 Å². The van der Waals surface area contributed by atoms with Crippen LogP contribution in [-0.2, 0) is 0 Å². The average molecular weight is 349 g/mol. The van der Waals surface area contributed by atoms with Crippen LogP contribution in [0, 0.1) is 5.41 Å². The molecule has 4 nitrogen and oxygen atoms in total. The second kappa shape index (κ2) is 8.45. The van der Waals surface area contributed by atoms with E-state index in [1.165, 1.54) is 0 Å². The summed E-state index contributed by atoms with van der Waals surface area (Å²) in [5, 5.41) is 19.5. The molecule has 2 N–H and O–H groups in total. The lowest BCUT2D eigenvalue weighted by Gasteiger charge is -2.43. The van der Waals surface area contributed by atoms with Crippen molar-refractivity contribution in [1.29, 1.82) is 0 Å². The number of aliphatic hydroxyl groups excluding tert-OH is 1. The summed E-state index contributed by atoms with van der Waals surface area (Å²) < 4.78 is 31.4. The summed E-state index contributed by atoms with van der Waals surface area (Å²) in [7, 11) is 0. The number of hydrogen-bond acceptors (Lipinski definition) is 2. The minimum atomic E-state index is -3.23. The van der Waals surface area contributed by atoms with Gasteiger partial charge in [-0.25, -0.2) is 13.6 Å². The zero-order chi connectivity index (χ0) is 18.4. The van der Waals surface area contributed by atoms with E-state index in [0.717, 1.165) is 24.2 Å². The van der Waals surface area contributed by atoms with Crippen molar-refractivity contribution in [3.8, 4) is 0 Å². The number of hydrogen-bond donors (Lipinski definition) is 2. The van der Waals surface area contributed by atoms with Gasteiger partial charge in [-0.2, -0.15) is 0 Å². The molecular weight excluding hydrogens is 316 g/mol. The van der Waals surface area contributed by atoms with Gasteiger partial charge in [-0.3, -0.25) is 4.90 Å². The van der Waals surface area contributed by atoms with Crippen LogP contribution in [0.4, 0.5) is 13.6 Å². The van der Waals surface area contributed by atoms with Gasteiger partial charge < -0.3 is 10.2 Å². The van der Waals surface area contributed by atoms with E-state index in [-0.39, 0.29) is 25.8 Å². The number of nitrogens with zero attached hydrogens (tertiary/aromatic N) is 1. The van der Waals surface area contributed by atoms with Gasteiger partial charge in [0.25, 0.3) is 5.92 Å². The zero-order valence-corrected chi connectivity index (χ0v) is 15.3. The van der Waals surface area contributed by atoms with E-state index in [0.29, 0.717) is 19.3 Å². The van der Waals surface area contributed by atoms with Crippen LogP contribution in [0.25, 0.3) is 0 Å². The van der Waals surface area contributed by atoms with Crippen molar-refractivity contribution < 1.29 is 23.8 Å². The van der Waals surface area contributed by atoms with Crippen LogP contribution >= 0.6 is 0 Å². The van der Waals surface area contributed by atoms with Crippen LogP contribution in [-0.4, -0.2) is 45.8 Å². The van der Waals surface area contributed by atoms with Crippen LogP contribution in [0.1, 0.15) is 78.6 Å². The predicted molar refractivity (Wildman–Crippen MR) is 90.5 cm³/mol. The molecule has 1 saturated heterocycles. The molecule has 1 atom stereocenters. The largest absolute Gasteiger partial charge is 0.465 e. The van der Waals surface area contributed by atoms with E-state index >= 15 is 8.78 Å². The van der Waals surface area contributed by atoms with Gasteiger partial charge >= 0.3 is 6.09 Å². The van der Waals surface area contributed by atoms with Crippen molar-refractivity contribution in [3.05, 3.63) is 0 Å². The summed E-state index contributed by atoms with van der Waals surface area (Å²) in [5.74, 6) is -3.23. The van der Waals surface area contributed by atoms with Crippen LogP contribution in [0.5, 0.6) is 0 Å². The highest BCUT2D eigenvalue weighted by Gasteiger charge is 2.73. The Bertz CT molecular complexity index is 409. The highest BCUT2D eigenvalue weighted by molar-refractivity contribution is 5.67. The second-order valence-corrected chi connectivity index (χ2v) is 7.22. The maximum absolute atomic E-state index is 15.7. The first kappa shape index (κ1) is 21.1. The Kier molecular flexibility index (Phi) is 7.44. The number of carbonyl (C=O) groups is 1. The molecule has 0 aliphatic carbocycles. The molecule has 1 rings (SSSR count). The summed E-state index contributed by atoms with van der Waals surface area (Å²) in [6, 6.07) is 0. The van der Waals surface area contributed by atoms with Gasteiger partial charge in [0.15, 0.2) is 0 Å². The first-order valence-corrected chi connectivity index (χ1v) is 9.27. The van der Waals surface area contributed by atoms with Crippen molar-refractivity contribution in [2.75, 3.05) is 13.2 Å². The van der Waals surface area contributed by atoms with Crippen molar-refractivity contribution >= 4 is 6.09 Å². The normalized spacial score (nSPS) is 25.2. The maximum Gasteiger partial charge on any atom is 0.407 e. The minimum absolute atomic E-state index is 0.149. The van der Waals surface area contributed by atoms with Crippen LogP contribution in [0.3, 0.4) is 0 Å². The molecule has 6 heteroatoms. The molecule has 0 aromatic carbocycles. The predicted octanol–water partition coefficient (Wildman–Crippen LogP) is 4.90. The van der Waals surface area contributed by atoms with Crippen molar-refractivity contribution in [2.45, 2.75) is 90.0 Å². The Labute approximate surface area is 144 Å². The molecule has 1 aliphatic heterocycles. The highest BCUT2D eigenvalue weighted by Crippen LogP contribution is 2.59. The fourth-order valence-electron chi connectivity index (χ4n) is 4.09. The number of amides is 1. The lowest BCUT2D eigenvalue weighted by Crippen LogP contribution is -2.58. The van der Waals surface area contributed by atoms with E-state index in [2.05, 4.69) is 0 Å². The summed E-state index contributed by atoms with van der Waals surface area (Å²) in [6.07, 6.45) is 3.02. The second-order valence-electron chi connectivity index (χ2n) is 7.22. The lowest BCUT2D eigenvalue weighted by molar-refractivity contribution is -0.171.